The number of carbonyl (C=O) groups is 1. The third kappa shape index (κ3) is 4.10. The molecule has 0 aliphatic heterocycles. The van der Waals surface area contributed by atoms with Gasteiger partial charge < -0.3 is 11.1 Å². The highest BCUT2D eigenvalue weighted by atomic mass is 16.2. The van der Waals surface area contributed by atoms with Crippen molar-refractivity contribution in [3.05, 3.63) is 30.1 Å². The Labute approximate surface area is 77.2 Å². The van der Waals surface area contributed by atoms with Crippen LogP contribution in [0.15, 0.2) is 24.5 Å². The maximum Gasteiger partial charge on any atom is 0.312 e. The van der Waals surface area contributed by atoms with E-state index in [0.717, 1.165) is 12.8 Å². The normalized spacial score (nSPS) is 9.54. The van der Waals surface area contributed by atoms with Gasteiger partial charge in [-0.05, 0) is 30.5 Å². The van der Waals surface area contributed by atoms with Crippen LogP contribution in [-0.4, -0.2) is 17.6 Å². The zero-order valence-corrected chi connectivity index (χ0v) is 7.36. The number of nitrogens with zero attached hydrogens (tertiary/aromatic N) is 1. The second kappa shape index (κ2) is 5.13. The molecule has 70 valence electrons. The summed E-state index contributed by atoms with van der Waals surface area (Å²) in [7, 11) is 0. The number of hydrogen-bond donors (Lipinski definition) is 2. The first-order valence-electron chi connectivity index (χ1n) is 4.21. The second-order valence-electron chi connectivity index (χ2n) is 2.75. The molecule has 1 aromatic heterocycles. The summed E-state index contributed by atoms with van der Waals surface area (Å²) >= 11 is 0. The van der Waals surface area contributed by atoms with Crippen LogP contribution in [0.4, 0.5) is 4.79 Å². The number of carbonyl (C=O) groups excluding carboxylic acids is 1. The highest BCUT2D eigenvalue weighted by molar-refractivity contribution is 5.71. The number of amides is 2. The maximum atomic E-state index is 10.3. The van der Waals surface area contributed by atoms with E-state index in [9.17, 15) is 4.79 Å². The molecule has 0 aromatic carbocycles. The standard InChI is InChI=1S/C9H13N3O/c10-9(13)12-5-1-2-8-3-6-11-7-4-8/h3-4,6-7H,1-2,5H2,(H3,10,12,13). The minimum Gasteiger partial charge on any atom is -0.352 e. The van der Waals surface area contributed by atoms with E-state index in [2.05, 4.69) is 10.3 Å². The van der Waals surface area contributed by atoms with Crippen molar-refractivity contribution < 1.29 is 4.79 Å². The molecule has 1 heterocycles. The van der Waals surface area contributed by atoms with Crippen LogP contribution in [0.2, 0.25) is 0 Å². The molecule has 4 heteroatoms. The third-order valence-corrected chi connectivity index (χ3v) is 1.69. The van der Waals surface area contributed by atoms with Gasteiger partial charge in [-0.1, -0.05) is 0 Å². The number of urea groups is 1. The van der Waals surface area contributed by atoms with Crippen LogP contribution in [0.5, 0.6) is 0 Å². The van der Waals surface area contributed by atoms with Crippen molar-refractivity contribution in [2.24, 2.45) is 5.73 Å². The van der Waals surface area contributed by atoms with E-state index in [1.807, 2.05) is 12.1 Å². The second-order valence-corrected chi connectivity index (χ2v) is 2.75. The van der Waals surface area contributed by atoms with Gasteiger partial charge in [-0.25, -0.2) is 4.79 Å². The van der Waals surface area contributed by atoms with Crippen LogP contribution in [0.3, 0.4) is 0 Å². The van der Waals surface area contributed by atoms with Crippen molar-refractivity contribution in [1.82, 2.24) is 10.3 Å². The highest BCUT2D eigenvalue weighted by Gasteiger charge is 1.93. The summed E-state index contributed by atoms with van der Waals surface area (Å²) in [6.45, 7) is 0.623. The monoisotopic (exact) mass is 179 g/mol. The van der Waals surface area contributed by atoms with Crippen molar-refractivity contribution in [3.63, 3.8) is 0 Å². The molecule has 13 heavy (non-hydrogen) atoms. The van der Waals surface area contributed by atoms with Gasteiger partial charge in [0.05, 0.1) is 0 Å². The Morgan fingerprint density at radius 3 is 2.77 bits per heavy atom. The fourth-order valence-corrected chi connectivity index (χ4v) is 1.05. The first kappa shape index (κ1) is 9.51. The summed E-state index contributed by atoms with van der Waals surface area (Å²) < 4.78 is 0. The van der Waals surface area contributed by atoms with Crippen LogP contribution in [0.1, 0.15) is 12.0 Å². The summed E-state index contributed by atoms with van der Waals surface area (Å²) in [6.07, 6.45) is 5.35. The summed E-state index contributed by atoms with van der Waals surface area (Å²) in [4.78, 5) is 14.2. The topological polar surface area (TPSA) is 68.0 Å². The highest BCUT2D eigenvalue weighted by Crippen LogP contribution is 1.99. The van der Waals surface area contributed by atoms with E-state index in [1.165, 1.54) is 5.56 Å². The van der Waals surface area contributed by atoms with Gasteiger partial charge in [0.25, 0.3) is 0 Å². The molecule has 0 saturated carbocycles. The van der Waals surface area contributed by atoms with Crippen molar-refractivity contribution in [2.75, 3.05) is 6.54 Å². The van der Waals surface area contributed by atoms with Crippen LogP contribution in [-0.2, 0) is 6.42 Å². The number of nitrogens with two attached hydrogens (primary N) is 1. The van der Waals surface area contributed by atoms with Crippen molar-refractivity contribution >= 4 is 6.03 Å². The average molecular weight is 179 g/mol. The number of hydrogen-bond acceptors (Lipinski definition) is 2. The SMILES string of the molecule is NC(=O)NCCCc1ccncc1. The number of pyridine rings is 1. The number of nitrogens with one attached hydrogen (secondary N) is 1. The molecule has 4 nitrogen and oxygen atoms in total. The molecule has 1 aromatic rings. The summed E-state index contributed by atoms with van der Waals surface area (Å²) in [6, 6.07) is 3.46. The fourth-order valence-electron chi connectivity index (χ4n) is 1.05. The first-order valence-corrected chi connectivity index (χ1v) is 4.21. The van der Waals surface area contributed by atoms with Gasteiger partial charge in [0.1, 0.15) is 0 Å². The molecule has 0 bridgehead atoms. The summed E-state index contributed by atoms with van der Waals surface area (Å²) in [5.41, 5.74) is 6.14. The van der Waals surface area contributed by atoms with Gasteiger partial charge in [-0.15, -0.1) is 0 Å². The van der Waals surface area contributed by atoms with Crippen LogP contribution >= 0.6 is 0 Å². The quantitative estimate of drug-likeness (QED) is 0.667. The minimum absolute atomic E-state index is 0.463. The van der Waals surface area contributed by atoms with E-state index in [4.69, 9.17) is 5.73 Å². The van der Waals surface area contributed by atoms with E-state index in [0.29, 0.717) is 6.54 Å². The predicted octanol–water partition coefficient (Wildman–Crippen LogP) is 0.682. The third-order valence-electron chi connectivity index (χ3n) is 1.69. The van der Waals surface area contributed by atoms with Gasteiger partial charge in [-0.2, -0.15) is 0 Å². The Hall–Kier alpha value is -1.58. The number of aromatic nitrogens is 1. The van der Waals surface area contributed by atoms with Crippen LogP contribution in [0.25, 0.3) is 0 Å². The molecule has 0 atom stereocenters. The van der Waals surface area contributed by atoms with E-state index >= 15 is 0 Å². The molecule has 0 aliphatic rings. The Morgan fingerprint density at radius 2 is 2.15 bits per heavy atom. The lowest BCUT2D eigenvalue weighted by Gasteiger charge is -2.01. The van der Waals surface area contributed by atoms with Gasteiger partial charge in [0.15, 0.2) is 0 Å². The van der Waals surface area contributed by atoms with Gasteiger partial charge >= 0.3 is 6.03 Å². The average Bonchev–Trinajstić information content (AvgIpc) is 2.14. The number of primary amides is 1. The number of rotatable bonds is 4. The fraction of sp³-hybridized carbons (Fsp3) is 0.333. The van der Waals surface area contributed by atoms with Gasteiger partial charge in [-0.3, -0.25) is 4.98 Å². The molecule has 0 radical (unpaired) electrons. The Kier molecular flexibility index (Phi) is 3.75. The largest absolute Gasteiger partial charge is 0.352 e. The van der Waals surface area contributed by atoms with Crippen LogP contribution in [0, 0.1) is 0 Å². The van der Waals surface area contributed by atoms with E-state index in [1.54, 1.807) is 12.4 Å². The maximum absolute atomic E-state index is 10.3. The van der Waals surface area contributed by atoms with Crippen LogP contribution < -0.4 is 11.1 Å². The summed E-state index contributed by atoms with van der Waals surface area (Å²) in [5, 5.41) is 2.54. The molecule has 0 spiro atoms. The molecule has 0 fully saturated rings. The lowest BCUT2D eigenvalue weighted by atomic mass is 10.1. The smallest absolute Gasteiger partial charge is 0.312 e. The molecule has 2 amide bonds. The van der Waals surface area contributed by atoms with E-state index in [-0.39, 0.29) is 0 Å². The van der Waals surface area contributed by atoms with Crippen molar-refractivity contribution in [1.29, 1.82) is 0 Å². The molecule has 3 N–H and O–H groups in total. The zero-order chi connectivity index (χ0) is 9.52. The molecular formula is C9H13N3O. The van der Waals surface area contributed by atoms with Crippen molar-refractivity contribution in [3.8, 4) is 0 Å². The molecular weight excluding hydrogens is 166 g/mol. The Balaban J connectivity index is 2.17. The van der Waals surface area contributed by atoms with Gasteiger partial charge in [0.2, 0.25) is 0 Å². The lowest BCUT2D eigenvalue weighted by molar-refractivity contribution is 0.249. The van der Waals surface area contributed by atoms with E-state index < -0.39 is 6.03 Å². The molecule has 1 rings (SSSR count). The Bertz CT molecular complexity index is 261. The zero-order valence-electron chi connectivity index (χ0n) is 7.36. The molecule has 0 unspecified atom stereocenters. The van der Waals surface area contributed by atoms with Gasteiger partial charge in [0, 0.05) is 18.9 Å². The van der Waals surface area contributed by atoms with Crippen molar-refractivity contribution in [2.45, 2.75) is 12.8 Å². The lowest BCUT2D eigenvalue weighted by Crippen LogP contribution is -2.30. The summed E-state index contributed by atoms with van der Waals surface area (Å²) in [5.74, 6) is 0. The molecule has 0 aliphatic carbocycles. The Morgan fingerprint density at radius 1 is 1.46 bits per heavy atom. The minimum atomic E-state index is -0.463. The first-order chi connectivity index (χ1) is 6.29. The predicted molar refractivity (Wildman–Crippen MR) is 50.1 cm³/mol. The molecule has 0 saturated heterocycles. The number of aryl methyl sites for hydroxylation is 1.